The van der Waals surface area contributed by atoms with Gasteiger partial charge in [0.1, 0.15) is 5.78 Å². The first kappa shape index (κ1) is 14.6. The number of hydrogen-bond donors (Lipinski definition) is 0. The van der Waals surface area contributed by atoms with Crippen LogP contribution in [0.15, 0.2) is 0 Å². The lowest BCUT2D eigenvalue weighted by atomic mass is 10.2. The second-order valence-corrected chi connectivity index (χ2v) is 5.21. The summed E-state index contributed by atoms with van der Waals surface area (Å²) in [5.74, 6) is 0.397. The molecule has 0 aromatic heterocycles. The third kappa shape index (κ3) is 6.15. The van der Waals surface area contributed by atoms with Gasteiger partial charge in [0.05, 0.1) is 6.54 Å². The Labute approximate surface area is 106 Å². The van der Waals surface area contributed by atoms with Gasteiger partial charge in [-0.1, -0.05) is 6.92 Å². The molecule has 1 rings (SSSR count). The molecule has 0 atom stereocenters. The molecule has 0 radical (unpaired) electrons. The van der Waals surface area contributed by atoms with Gasteiger partial charge >= 0.3 is 0 Å². The van der Waals surface area contributed by atoms with Gasteiger partial charge in [-0.2, -0.15) is 0 Å². The maximum Gasteiger partial charge on any atom is 0.146 e. The summed E-state index contributed by atoms with van der Waals surface area (Å²) in [6.45, 7) is 9.29. The first-order valence-corrected chi connectivity index (χ1v) is 6.73. The Kier molecular flexibility index (Phi) is 6.70. The van der Waals surface area contributed by atoms with Gasteiger partial charge in [-0.15, -0.1) is 0 Å². The van der Waals surface area contributed by atoms with Crippen LogP contribution in [-0.4, -0.2) is 80.4 Å². The predicted molar refractivity (Wildman–Crippen MR) is 71.3 cm³/mol. The predicted octanol–water partition coefficient (Wildman–Crippen LogP) is 0.535. The zero-order chi connectivity index (χ0) is 12.7. The van der Waals surface area contributed by atoms with Gasteiger partial charge < -0.3 is 4.90 Å². The molecule has 0 bridgehead atoms. The van der Waals surface area contributed by atoms with Crippen LogP contribution < -0.4 is 0 Å². The molecule has 1 aliphatic heterocycles. The minimum atomic E-state index is 0.397. The topological polar surface area (TPSA) is 26.8 Å². The summed E-state index contributed by atoms with van der Waals surface area (Å²) in [6.07, 6.45) is 1.71. The maximum absolute atomic E-state index is 11.5. The Morgan fingerprint density at radius 1 is 1.12 bits per heavy atom. The molecule has 1 heterocycles. The van der Waals surface area contributed by atoms with Crippen LogP contribution in [0.25, 0.3) is 0 Å². The minimum Gasteiger partial charge on any atom is -0.308 e. The van der Waals surface area contributed by atoms with Crippen LogP contribution in [0.2, 0.25) is 0 Å². The summed E-state index contributed by atoms with van der Waals surface area (Å²) in [6, 6.07) is 0. The normalized spacial score (nSPS) is 18.8. The summed E-state index contributed by atoms with van der Waals surface area (Å²) in [4.78, 5) is 18.5. The number of rotatable bonds is 7. The zero-order valence-electron chi connectivity index (χ0n) is 11.6. The van der Waals surface area contributed by atoms with Crippen molar-refractivity contribution in [1.29, 1.82) is 0 Å². The molecular weight excluding hydrogens is 214 g/mol. The SMILES string of the molecule is CCCC(=O)CN1CCN(CCN(C)C)CC1. The molecule has 0 spiro atoms. The van der Waals surface area contributed by atoms with Crippen molar-refractivity contribution in [3.8, 4) is 0 Å². The second-order valence-electron chi connectivity index (χ2n) is 5.21. The molecule has 0 aromatic carbocycles. The van der Waals surface area contributed by atoms with Crippen LogP contribution in [0.1, 0.15) is 19.8 Å². The monoisotopic (exact) mass is 241 g/mol. The van der Waals surface area contributed by atoms with E-state index in [1.807, 2.05) is 0 Å². The van der Waals surface area contributed by atoms with Crippen molar-refractivity contribution in [3.63, 3.8) is 0 Å². The van der Waals surface area contributed by atoms with Crippen molar-refractivity contribution in [2.45, 2.75) is 19.8 Å². The van der Waals surface area contributed by atoms with Crippen molar-refractivity contribution in [2.24, 2.45) is 0 Å². The highest BCUT2D eigenvalue weighted by molar-refractivity contribution is 5.80. The number of Topliss-reactive ketones (excluding diaryl/α,β-unsaturated/α-hetero) is 1. The third-order valence-electron chi connectivity index (χ3n) is 3.26. The molecule has 17 heavy (non-hydrogen) atoms. The fourth-order valence-corrected chi connectivity index (χ4v) is 2.12. The Morgan fingerprint density at radius 2 is 1.71 bits per heavy atom. The Bertz CT molecular complexity index is 223. The van der Waals surface area contributed by atoms with E-state index in [0.717, 1.165) is 52.1 Å². The molecule has 1 saturated heterocycles. The molecule has 1 aliphatic rings. The van der Waals surface area contributed by atoms with Crippen LogP contribution in [0.3, 0.4) is 0 Å². The number of carbonyl (C=O) groups excluding carboxylic acids is 1. The van der Waals surface area contributed by atoms with E-state index in [9.17, 15) is 4.79 Å². The van der Waals surface area contributed by atoms with Crippen molar-refractivity contribution in [2.75, 3.05) is 59.9 Å². The van der Waals surface area contributed by atoms with Gasteiger partial charge in [0.2, 0.25) is 0 Å². The number of likely N-dealkylation sites (N-methyl/N-ethyl adjacent to an activating group) is 1. The second kappa shape index (κ2) is 7.80. The van der Waals surface area contributed by atoms with Crippen LogP contribution >= 0.6 is 0 Å². The Morgan fingerprint density at radius 3 is 2.24 bits per heavy atom. The number of piperazine rings is 1. The maximum atomic E-state index is 11.5. The summed E-state index contributed by atoms with van der Waals surface area (Å²) >= 11 is 0. The first-order chi connectivity index (χ1) is 8.11. The van der Waals surface area contributed by atoms with Crippen LogP contribution in [0.5, 0.6) is 0 Å². The van der Waals surface area contributed by atoms with E-state index in [-0.39, 0.29) is 0 Å². The van der Waals surface area contributed by atoms with E-state index in [1.54, 1.807) is 0 Å². The van der Waals surface area contributed by atoms with Gasteiger partial charge in [0, 0.05) is 45.7 Å². The van der Waals surface area contributed by atoms with E-state index in [4.69, 9.17) is 0 Å². The lowest BCUT2D eigenvalue weighted by Crippen LogP contribution is -2.49. The molecule has 0 aliphatic carbocycles. The molecular formula is C13H27N3O. The zero-order valence-corrected chi connectivity index (χ0v) is 11.6. The van der Waals surface area contributed by atoms with Crippen molar-refractivity contribution in [3.05, 3.63) is 0 Å². The molecule has 4 nitrogen and oxygen atoms in total. The molecule has 0 unspecified atom stereocenters. The largest absolute Gasteiger partial charge is 0.308 e. The average molecular weight is 241 g/mol. The van der Waals surface area contributed by atoms with E-state index < -0.39 is 0 Å². The van der Waals surface area contributed by atoms with E-state index in [0.29, 0.717) is 12.3 Å². The lowest BCUT2D eigenvalue weighted by Gasteiger charge is -2.34. The summed E-state index contributed by atoms with van der Waals surface area (Å²) < 4.78 is 0. The number of ketones is 1. The van der Waals surface area contributed by atoms with E-state index >= 15 is 0 Å². The highest BCUT2D eigenvalue weighted by Crippen LogP contribution is 2.02. The summed E-state index contributed by atoms with van der Waals surface area (Å²) in [7, 11) is 4.22. The van der Waals surface area contributed by atoms with E-state index in [1.165, 1.54) is 0 Å². The number of nitrogens with zero attached hydrogens (tertiary/aromatic N) is 3. The molecule has 4 heteroatoms. The quantitative estimate of drug-likeness (QED) is 0.650. The molecule has 0 aromatic rings. The van der Waals surface area contributed by atoms with Gasteiger partial charge in [-0.05, 0) is 20.5 Å². The fraction of sp³-hybridized carbons (Fsp3) is 0.923. The van der Waals surface area contributed by atoms with Gasteiger partial charge in [0.15, 0.2) is 0 Å². The van der Waals surface area contributed by atoms with Crippen molar-refractivity contribution < 1.29 is 4.79 Å². The molecule has 1 fully saturated rings. The van der Waals surface area contributed by atoms with Crippen LogP contribution in [0, 0.1) is 0 Å². The van der Waals surface area contributed by atoms with Crippen molar-refractivity contribution in [1.82, 2.24) is 14.7 Å². The van der Waals surface area contributed by atoms with E-state index in [2.05, 4.69) is 35.7 Å². The lowest BCUT2D eigenvalue weighted by molar-refractivity contribution is -0.120. The number of carbonyl (C=O) groups is 1. The molecule has 0 saturated carbocycles. The first-order valence-electron chi connectivity index (χ1n) is 6.73. The Hall–Kier alpha value is -0.450. The van der Waals surface area contributed by atoms with Crippen LogP contribution in [0.4, 0.5) is 0 Å². The average Bonchev–Trinajstić information content (AvgIpc) is 2.28. The third-order valence-corrected chi connectivity index (χ3v) is 3.26. The van der Waals surface area contributed by atoms with Gasteiger partial charge in [-0.25, -0.2) is 0 Å². The molecule has 100 valence electrons. The summed E-state index contributed by atoms with van der Waals surface area (Å²) in [5, 5.41) is 0. The minimum absolute atomic E-state index is 0.397. The highest BCUT2D eigenvalue weighted by Gasteiger charge is 2.18. The van der Waals surface area contributed by atoms with Gasteiger partial charge in [0.25, 0.3) is 0 Å². The summed E-state index contributed by atoms with van der Waals surface area (Å²) in [5.41, 5.74) is 0. The van der Waals surface area contributed by atoms with Crippen LogP contribution in [-0.2, 0) is 4.79 Å². The smallest absolute Gasteiger partial charge is 0.146 e. The van der Waals surface area contributed by atoms with Gasteiger partial charge in [-0.3, -0.25) is 14.6 Å². The highest BCUT2D eigenvalue weighted by atomic mass is 16.1. The molecule has 0 N–H and O–H groups in total. The van der Waals surface area contributed by atoms with Crippen molar-refractivity contribution >= 4 is 5.78 Å². The molecule has 0 amide bonds. The Balaban J connectivity index is 2.15. The fourth-order valence-electron chi connectivity index (χ4n) is 2.12. The number of hydrogen-bond acceptors (Lipinski definition) is 4. The standard InChI is InChI=1S/C13H27N3O/c1-4-5-13(17)12-16-10-8-15(9-11-16)7-6-14(2)3/h4-12H2,1-3H3.